The number of nitrogen functional groups attached to an aromatic ring is 1. The van der Waals surface area contributed by atoms with Gasteiger partial charge in [0.1, 0.15) is 0 Å². The number of aryl methyl sites for hydroxylation is 2. The third-order valence-corrected chi connectivity index (χ3v) is 8.54. The first-order valence-electron chi connectivity index (χ1n) is 17.6. The van der Waals surface area contributed by atoms with Crippen LogP contribution in [0.15, 0.2) is 119 Å². The van der Waals surface area contributed by atoms with Crippen LogP contribution in [0.2, 0.25) is 0 Å². The summed E-state index contributed by atoms with van der Waals surface area (Å²) < 4.78 is 58.4. The van der Waals surface area contributed by atoms with Crippen molar-refractivity contribution in [2.75, 3.05) is 11.1 Å². The van der Waals surface area contributed by atoms with Crippen molar-refractivity contribution >= 4 is 44.8 Å². The molecule has 0 fully saturated rings. The van der Waals surface area contributed by atoms with Gasteiger partial charge in [-0.25, -0.2) is 24.4 Å². The highest BCUT2D eigenvalue weighted by Gasteiger charge is 2.18. The van der Waals surface area contributed by atoms with Gasteiger partial charge in [-0.2, -0.15) is 38.0 Å². The van der Waals surface area contributed by atoms with E-state index < -0.39 is 25.1 Å². The van der Waals surface area contributed by atoms with Gasteiger partial charge in [0, 0.05) is 59.5 Å². The number of nitrogens with one attached hydrogen (secondary N) is 3. The van der Waals surface area contributed by atoms with Crippen molar-refractivity contribution in [3.8, 4) is 34.3 Å². The molecule has 0 saturated carbocycles. The summed E-state index contributed by atoms with van der Waals surface area (Å²) in [6, 6.07) is 30.8. The average Bonchev–Trinajstić information content (AvgIpc) is 3.80. The molecular formula is C42H40F4N10O7. The maximum atomic E-state index is 12.4. The molecule has 21 heteroatoms. The molecule has 4 aromatic heterocycles. The largest absolute Gasteiger partial charge is 0.476 e. The van der Waals surface area contributed by atoms with Gasteiger partial charge in [-0.1, -0.05) is 75.5 Å². The summed E-state index contributed by atoms with van der Waals surface area (Å²) in [5, 5.41) is 34.3. The Morgan fingerprint density at radius 1 is 0.651 bits per heavy atom. The number of carboxylic acid groups (broad SMARTS) is 1. The summed E-state index contributed by atoms with van der Waals surface area (Å²) in [5.41, 5.74) is 9.01. The zero-order valence-electron chi connectivity index (χ0n) is 31.7. The number of amides is 1. The van der Waals surface area contributed by atoms with Gasteiger partial charge in [0.15, 0.2) is 11.4 Å². The van der Waals surface area contributed by atoms with Gasteiger partial charge in [-0.15, -0.1) is 0 Å². The zero-order chi connectivity index (χ0) is 43.8. The maximum Gasteiger partial charge on any atom is 0.388 e. The molecule has 8 rings (SSSR count). The predicted octanol–water partition coefficient (Wildman–Crippen LogP) is 7.34. The molecule has 8 aromatic rings. The SMILES string of the molecule is C.C.Cn1nc(C(=O)Nc2ccc(-c3n[nH]c(=O)c4ccccc34)cc2)cc1OC(F)F.Cn1nc(C(=O)O)cc1OC(F)F.Nc1ccc(-c2n[nH]c(=O)c3ccccc23)cc1. The second-order valence-electron chi connectivity index (χ2n) is 12.6. The number of alkyl halides is 4. The number of rotatable bonds is 9. The summed E-state index contributed by atoms with van der Waals surface area (Å²) in [4.78, 5) is 46.3. The molecule has 63 heavy (non-hydrogen) atoms. The van der Waals surface area contributed by atoms with E-state index in [4.69, 9.17) is 10.8 Å². The molecule has 17 nitrogen and oxygen atoms in total. The zero-order valence-corrected chi connectivity index (χ0v) is 31.7. The molecule has 0 bridgehead atoms. The Balaban J connectivity index is 0.000000225. The van der Waals surface area contributed by atoms with Crippen molar-refractivity contribution in [2.24, 2.45) is 14.1 Å². The highest BCUT2D eigenvalue weighted by atomic mass is 19.3. The Morgan fingerprint density at radius 2 is 1.05 bits per heavy atom. The number of aromatic carboxylic acids is 1. The number of nitrogens with two attached hydrogens (primary N) is 1. The first kappa shape index (κ1) is 47.3. The monoisotopic (exact) mass is 872 g/mol. The minimum absolute atomic E-state index is 0. The molecule has 0 aliphatic carbocycles. The molecule has 1 amide bonds. The van der Waals surface area contributed by atoms with Crippen molar-refractivity contribution in [3.05, 3.63) is 141 Å². The summed E-state index contributed by atoms with van der Waals surface area (Å²) >= 11 is 0. The number of aromatic amines is 2. The van der Waals surface area contributed by atoms with Gasteiger partial charge in [-0.3, -0.25) is 14.4 Å². The Kier molecular flexibility index (Phi) is 15.6. The fourth-order valence-corrected chi connectivity index (χ4v) is 5.74. The van der Waals surface area contributed by atoms with E-state index in [1.54, 1.807) is 42.5 Å². The number of ether oxygens (including phenoxy) is 2. The van der Waals surface area contributed by atoms with Crippen LogP contribution in [0.4, 0.5) is 28.9 Å². The standard InChI is InChI=1S/C20H15F2N5O3.C14H11N3O.C6H6F2N2O3.2CH4/c1-27-16(30-20(21)22)10-15(26-27)19(29)23-12-8-6-11(7-9-12)17-13-4-2-3-5-14(13)18(28)25-24-17;15-10-7-5-9(6-8-10)13-11-3-1-2-4-12(11)14(18)17-16-13;1-10-4(13-6(7)8)2-3(9-10)5(11)12;;/h2-10,20H,1H3,(H,23,29)(H,25,28);1-8H,15H2,(H,17,18);2,6H,1H3,(H,11,12);2*1H4. The Morgan fingerprint density at radius 3 is 1.46 bits per heavy atom. The minimum Gasteiger partial charge on any atom is -0.476 e. The van der Waals surface area contributed by atoms with Crippen LogP contribution in [-0.2, 0) is 14.1 Å². The van der Waals surface area contributed by atoms with E-state index >= 15 is 0 Å². The van der Waals surface area contributed by atoms with Crippen LogP contribution in [-0.4, -0.2) is 70.2 Å². The number of fused-ring (bicyclic) bond motifs is 2. The van der Waals surface area contributed by atoms with Gasteiger partial charge < -0.3 is 25.6 Å². The van der Waals surface area contributed by atoms with E-state index in [1.165, 1.54) is 14.1 Å². The number of hydrogen-bond donors (Lipinski definition) is 5. The second kappa shape index (κ2) is 20.7. The highest BCUT2D eigenvalue weighted by molar-refractivity contribution is 6.03. The fourth-order valence-electron chi connectivity index (χ4n) is 5.74. The lowest BCUT2D eigenvalue weighted by Gasteiger charge is -2.07. The molecule has 0 atom stereocenters. The number of aromatic nitrogens is 8. The van der Waals surface area contributed by atoms with E-state index in [0.717, 1.165) is 43.7 Å². The molecular weight excluding hydrogens is 833 g/mol. The molecule has 0 radical (unpaired) electrons. The number of nitrogens with zero attached hydrogens (tertiary/aromatic N) is 6. The Bertz CT molecular complexity index is 2950. The topological polar surface area (TPSA) is 238 Å². The lowest BCUT2D eigenvalue weighted by Crippen LogP contribution is -2.13. The first-order valence-corrected chi connectivity index (χ1v) is 17.6. The summed E-state index contributed by atoms with van der Waals surface area (Å²) in [7, 11) is 2.70. The van der Waals surface area contributed by atoms with E-state index in [0.29, 0.717) is 33.2 Å². The molecule has 328 valence electrons. The normalized spacial score (nSPS) is 10.5. The summed E-state index contributed by atoms with van der Waals surface area (Å²) in [6.45, 7) is -6.00. The smallest absolute Gasteiger partial charge is 0.388 e. The van der Waals surface area contributed by atoms with Crippen LogP contribution in [0.25, 0.3) is 44.1 Å². The van der Waals surface area contributed by atoms with Crippen LogP contribution in [0.3, 0.4) is 0 Å². The van der Waals surface area contributed by atoms with Crippen molar-refractivity contribution in [1.82, 2.24) is 40.0 Å². The first-order chi connectivity index (χ1) is 29.2. The fraction of sp³-hybridized carbons (Fsp3) is 0.143. The van der Waals surface area contributed by atoms with Crippen molar-refractivity contribution in [2.45, 2.75) is 28.1 Å². The van der Waals surface area contributed by atoms with E-state index in [-0.39, 0.29) is 49.1 Å². The third kappa shape index (κ3) is 11.5. The quantitative estimate of drug-likeness (QED) is 0.0707. The number of carbonyl (C=O) groups excluding carboxylic acids is 1. The van der Waals surface area contributed by atoms with Gasteiger partial charge in [-0.05, 0) is 36.4 Å². The number of carboxylic acids is 1. The molecule has 4 aromatic carbocycles. The van der Waals surface area contributed by atoms with Crippen molar-refractivity contribution in [1.29, 1.82) is 0 Å². The lowest BCUT2D eigenvalue weighted by atomic mass is 10.0. The van der Waals surface area contributed by atoms with Crippen LogP contribution < -0.4 is 31.6 Å². The average molecular weight is 873 g/mol. The molecule has 0 aliphatic rings. The van der Waals surface area contributed by atoms with Gasteiger partial charge in [0.05, 0.1) is 22.2 Å². The number of benzene rings is 4. The number of halogens is 4. The van der Waals surface area contributed by atoms with E-state index in [2.05, 4.69) is 45.4 Å². The number of carbonyl (C=O) groups is 2. The lowest BCUT2D eigenvalue weighted by molar-refractivity contribution is -0.0559. The Labute approximate surface area is 354 Å². The van der Waals surface area contributed by atoms with Gasteiger partial charge >= 0.3 is 19.2 Å². The third-order valence-electron chi connectivity index (χ3n) is 8.54. The molecule has 0 saturated heterocycles. The van der Waals surface area contributed by atoms with E-state index in [9.17, 15) is 36.7 Å². The second-order valence-corrected chi connectivity index (χ2v) is 12.6. The maximum absolute atomic E-state index is 12.4. The molecule has 0 spiro atoms. The summed E-state index contributed by atoms with van der Waals surface area (Å²) in [6.07, 6.45) is 0. The van der Waals surface area contributed by atoms with Gasteiger partial charge in [0.25, 0.3) is 17.0 Å². The number of hydrogen-bond acceptors (Lipinski definition) is 11. The van der Waals surface area contributed by atoms with Crippen LogP contribution in [0, 0.1) is 0 Å². The van der Waals surface area contributed by atoms with Crippen LogP contribution >= 0.6 is 0 Å². The van der Waals surface area contributed by atoms with E-state index in [1.807, 2.05) is 54.6 Å². The predicted molar refractivity (Wildman–Crippen MR) is 228 cm³/mol. The molecule has 6 N–H and O–H groups in total. The van der Waals surface area contributed by atoms with Gasteiger partial charge in [0.2, 0.25) is 11.8 Å². The Hall–Kier alpha value is -8.36. The van der Waals surface area contributed by atoms with Crippen LogP contribution in [0.5, 0.6) is 11.8 Å². The number of H-pyrrole nitrogens is 2. The molecule has 0 aliphatic heterocycles. The highest BCUT2D eigenvalue weighted by Crippen LogP contribution is 2.27. The minimum atomic E-state index is -3.01. The molecule has 4 heterocycles. The molecule has 0 unspecified atom stereocenters. The van der Waals surface area contributed by atoms with Crippen LogP contribution in [0.1, 0.15) is 35.8 Å². The summed E-state index contributed by atoms with van der Waals surface area (Å²) in [5.74, 6) is -2.37. The van der Waals surface area contributed by atoms with Crippen molar-refractivity contribution in [3.63, 3.8) is 0 Å². The van der Waals surface area contributed by atoms with Crippen molar-refractivity contribution < 1.29 is 41.7 Å². The number of anilines is 2.